The molecule has 124 valence electrons. The minimum absolute atomic E-state index is 0.0784. The largest absolute Gasteiger partial charge is 0.249 e. The molecule has 2 heterocycles. The molecule has 24 heavy (non-hydrogen) atoms. The number of sulfonamides is 1. The van der Waals surface area contributed by atoms with E-state index in [9.17, 15) is 8.42 Å². The Morgan fingerprint density at radius 2 is 1.83 bits per heavy atom. The molecule has 2 aromatic heterocycles. The van der Waals surface area contributed by atoms with E-state index in [2.05, 4.69) is 19.8 Å². The summed E-state index contributed by atoms with van der Waals surface area (Å²) < 4.78 is 28.6. The second-order valence-corrected chi connectivity index (χ2v) is 7.20. The zero-order chi connectivity index (χ0) is 17.0. The molecule has 0 saturated carbocycles. The molecule has 0 bridgehead atoms. The van der Waals surface area contributed by atoms with Crippen LogP contribution in [0.25, 0.3) is 0 Å². The fourth-order valence-corrected chi connectivity index (χ4v) is 3.12. The smallest absolute Gasteiger partial charge is 0.242 e. The Labute approximate surface area is 144 Å². The predicted octanol–water partition coefficient (Wildman–Crippen LogP) is 1.85. The van der Waals surface area contributed by atoms with Crippen molar-refractivity contribution in [2.45, 2.75) is 18.0 Å². The Bertz CT molecular complexity index is 894. The van der Waals surface area contributed by atoms with E-state index in [-0.39, 0.29) is 16.6 Å². The lowest BCUT2D eigenvalue weighted by molar-refractivity contribution is 0.581. The summed E-state index contributed by atoms with van der Waals surface area (Å²) >= 11 is 5.66. The number of rotatable bonds is 6. The molecule has 1 N–H and O–H groups in total. The Balaban J connectivity index is 1.62. The summed E-state index contributed by atoms with van der Waals surface area (Å²) in [6.07, 6.45) is 4.35. The summed E-state index contributed by atoms with van der Waals surface area (Å²) in [6, 6.07) is 10.4. The standard InChI is InChI=1S/C15H14ClN5O2S/c16-15-6-5-14(8-18-15)24(22,23)20-7-12-1-3-13(4-2-12)9-21-11-17-10-19-21/h1-6,8,10-11,20H,7,9H2. The highest BCUT2D eigenvalue weighted by atomic mass is 35.5. The normalized spacial score (nSPS) is 11.5. The van der Waals surface area contributed by atoms with Crippen molar-refractivity contribution in [2.75, 3.05) is 0 Å². The van der Waals surface area contributed by atoms with Gasteiger partial charge in [0.05, 0.1) is 6.54 Å². The molecule has 3 aromatic rings. The quantitative estimate of drug-likeness (QED) is 0.675. The maximum atomic E-state index is 12.2. The first-order valence-corrected chi connectivity index (χ1v) is 8.90. The van der Waals surface area contributed by atoms with Crippen molar-refractivity contribution in [2.24, 2.45) is 0 Å². The van der Waals surface area contributed by atoms with Crippen LogP contribution >= 0.6 is 11.6 Å². The van der Waals surface area contributed by atoms with Gasteiger partial charge >= 0.3 is 0 Å². The molecule has 0 spiro atoms. The van der Waals surface area contributed by atoms with E-state index in [1.54, 1.807) is 11.0 Å². The fraction of sp³-hybridized carbons (Fsp3) is 0.133. The zero-order valence-corrected chi connectivity index (χ0v) is 14.1. The van der Waals surface area contributed by atoms with Gasteiger partial charge in [-0.2, -0.15) is 5.10 Å². The van der Waals surface area contributed by atoms with Gasteiger partial charge in [0.15, 0.2) is 0 Å². The fourth-order valence-electron chi connectivity index (χ4n) is 2.05. The molecule has 0 aliphatic heterocycles. The van der Waals surface area contributed by atoms with E-state index in [0.717, 1.165) is 11.1 Å². The Morgan fingerprint density at radius 3 is 2.46 bits per heavy atom. The summed E-state index contributed by atoms with van der Waals surface area (Å²) in [6.45, 7) is 0.803. The van der Waals surface area contributed by atoms with Crippen LogP contribution in [-0.2, 0) is 23.1 Å². The maximum Gasteiger partial charge on any atom is 0.242 e. The first kappa shape index (κ1) is 16.6. The lowest BCUT2D eigenvalue weighted by Gasteiger charge is -2.08. The number of pyridine rings is 1. The summed E-state index contributed by atoms with van der Waals surface area (Å²) in [5.41, 5.74) is 1.90. The topological polar surface area (TPSA) is 89.8 Å². The van der Waals surface area contributed by atoms with Gasteiger partial charge in [-0.25, -0.2) is 27.8 Å². The number of halogens is 1. The minimum Gasteiger partial charge on any atom is -0.249 e. The van der Waals surface area contributed by atoms with Gasteiger partial charge in [-0.15, -0.1) is 0 Å². The van der Waals surface area contributed by atoms with Crippen molar-refractivity contribution in [1.82, 2.24) is 24.5 Å². The van der Waals surface area contributed by atoms with Gasteiger partial charge in [-0.05, 0) is 23.3 Å². The van der Waals surface area contributed by atoms with Gasteiger partial charge in [0.1, 0.15) is 22.7 Å². The number of benzene rings is 1. The van der Waals surface area contributed by atoms with Crippen LogP contribution in [0.3, 0.4) is 0 Å². The Kier molecular flexibility index (Phi) is 4.89. The first-order valence-electron chi connectivity index (χ1n) is 7.04. The molecule has 0 unspecified atom stereocenters. The lowest BCUT2D eigenvalue weighted by atomic mass is 10.1. The molecule has 0 amide bonds. The van der Waals surface area contributed by atoms with E-state index in [0.29, 0.717) is 6.54 Å². The molecule has 0 aliphatic carbocycles. The molecular formula is C15H14ClN5O2S. The van der Waals surface area contributed by atoms with Crippen molar-refractivity contribution in [3.63, 3.8) is 0 Å². The molecule has 0 aliphatic rings. The minimum atomic E-state index is -3.62. The van der Waals surface area contributed by atoms with E-state index >= 15 is 0 Å². The zero-order valence-electron chi connectivity index (χ0n) is 12.5. The van der Waals surface area contributed by atoms with Gasteiger partial charge in [-0.3, -0.25) is 0 Å². The van der Waals surface area contributed by atoms with Crippen LogP contribution in [0.4, 0.5) is 0 Å². The Morgan fingerprint density at radius 1 is 1.08 bits per heavy atom. The third-order valence-corrected chi connectivity index (χ3v) is 4.92. The second-order valence-electron chi connectivity index (χ2n) is 5.05. The third-order valence-electron chi connectivity index (χ3n) is 3.31. The SMILES string of the molecule is O=S(=O)(NCc1ccc(Cn2cncn2)cc1)c1ccc(Cl)nc1. The highest BCUT2D eigenvalue weighted by Gasteiger charge is 2.14. The summed E-state index contributed by atoms with van der Waals surface area (Å²) in [4.78, 5) is 7.75. The molecule has 0 fully saturated rings. The average molecular weight is 364 g/mol. The lowest BCUT2D eigenvalue weighted by Crippen LogP contribution is -2.23. The summed E-state index contributed by atoms with van der Waals surface area (Å²) in [7, 11) is -3.62. The molecule has 0 radical (unpaired) electrons. The van der Waals surface area contributed by atoms with E-state index in [1.807, 2.05) is 24.3 Å². The number of hydrogen-bond acceptors (Lipinski definition) is 5. The van der Waals surface area contributed by atoms with Gasteiger partial charge in [0.25, 0.3) is 0 Å². The summed E-state index contributed by atoms with van der Waals surface area (Å²) in [5, 5.41) is 4.29. The van der Waals surface area contributed by atoms with Crippen LogP contribution in [-0.4, -0.2) is 28.2 Å². The van der Waals surface area contributed by atoms with Crippen molar-refractivity contribution >= 4 is 21.6 Å². The molecular weight excluding hydrogens is 350 g/mol. The highest BCUT2D eigenvalue weighted by molar-refractivity contribution is 7.89. The number of aromatic nitrogens is 4. The average Bonchev–Trinajstić information content (AvgIpc) is 3.08. The van der Waals surface area contributed by atoms with Crippen LogP contribution in [0.15, 0.2) is 60.1 Å². The van der Waals surface area contributed by atoms with E-state index in [1.165, 1.54) is 24.7 Å². The van der Waals surface area contributed by atoms with Crippen molar-refractivity contribution in [3.8, 4) is 0 Å². The number of nitrogens with one attached hydrogen (secondary N) is 1. The number of hydrogen-bond donors (Lipinski definition) is 1. The van der Waals surface area contributed by atoms with Crippen LogP contribution in [0, 0.1) is 0 Å². The second kappa shape index (κ2) is 7.08. The molecule has 3 rings (SSSR count). The van der Waals surface area contributed by atoms with E-state index in [4.69, 9.17) is 11.6 Å². The Hall–Kier alpha value is -2.29. The predicted molar refractivity (Wildman–Crippen MR) is 88.8 cm³/mol. The van der Waals surface area contributed by atoms with Crippen LogP contribution in [0.1, 0.15) is 11.1 Å². The van der Waals surface area contributed by atoms with Crippen LogP contribution in [0.2, 0.25) is 5.15 Å². The molecule has 7 nitrogen and oxygen atoms in total. The molecule has 0 atom stereocenters. The number of nitrogens with zero attached hydrogens (tertiary/aromatic N) is 4. The van der Waals surface area contributed by atoms with Gasteiger partial charge in [0, 0.05) is 12.7 Å². The van der Waals surface area contributed by atoms with Crippen molar-refractivity contribution in [1.29, 1.82) is 0 Å². The van der Waals surface area contributed by atoms with Gasteiger partial charge in [-0.1, -0.05) is 35.9 Å². The molecule has 0 saturated heterocycles. The molecule has 1 aromatic carbocycles. The monoisotopic (exact) mass is 363 g/mol. The maximum absolute atomic E-state index is 12.2. The molecule has 9 heteroatoms. The third kappa shape index (κ3) is 4.16. The van der Waals surface area contributed by atoms with Gasteiger partial charge in [0.2, 0.25) is 10.0 Å². The van der Waals surface area contributed by atoms with Crippen LogP contribution < -0.4 is 4.72 Å². The van der Waals surface area contributed by atoms with Gasteiger partial charge < -0.3 is 0 Å². The first-order chi connectivity index (χ1) is 11.5. The van der Waals surface area contributed by atoms with Crippen molar-refractivity contribution < 1.29 is 8.42 Å². The summed E-state index contributed by atoms with van der Waals surface area (Å²) in [5.74, 6) is 0. The van der Waals surface area contributed by atoms with E-state index < -0.39 is 10.0 Å². The van der Waals surface area contributed by atoms with Crippen LogP contribution in [0.5, 0.6) is 0 Å². The van der Waals surface area contributed by atoms with Crippen molar-refractivity contribution in [3.05, 3.63) is 71.5 Å². The highest BCUT2D eigenvalue weighted by Crippen LogP contribution is 2.12.